The van der Waals surface area contributed by atoms with Gasteiger partial charge in [0, 0.05) is 6.42 Å². The van der Waals surface area contributed by atoms with Crippen molar-refractivity contribution in [1.82, 2.24) is 5.32 Å². The minimum absolute atomic E-state index is 0.421. The summed E-state index contributed by atoms with van der Waals surface area (Å²) in [4.78, 5) is 24.5. The van der Waals surface area contributed by atoms with Gasteiger partial charge in [0.1, 0.15) is 11.5 Å². The third kappa shape index (κ3) is 4.22. The zero-order chi connectivity index (χ0) is 19.4. The van der Waals surface area contributed by atoms with Crippen molar-refractivity contribution in [3.63, 3.8) is 0 Å². The van der Waals surface area contributed by atoms with Gasteiger partial charge in [0.25, 0.3) is 5.91 Å². The number of rotatable bonds is 7. The minimum atomic E-state index is -1.14. The quantitative estimate of drug-likeness (QED) is 0.784. The van der Waals surface area contributed by atoms with E-state index in [0.717, 1.165) is 23.3 Å². The normalized spacial score (nSPS) is 14.6. The number of hydrogen-bond donors (Lipinski definition) is 2. The SMILES string of the molecule is CCC(Oc1ccccc1C)C(=O)NC(C(=O)O)c1ccc2c(c1)CCO2. The highest BCUT2D eigenvalue weighted by Gasteiger charge is 2.28. The molecule has 2 aromatic carbocycles. The molecule has 0 fully saturated rings. The molecule has 3 rings (SSSR count). The van der Waals surface area contributed by atoms with E-state index in [2.05, 4.69) is 5.32 Å². The van der Waals surface area contributed by atoms with Crippen molar-refractivity contribution in [2.45, 2.75) is 38.8 Å². The molecule has 6 nitrogen and oxygen atoms in total. The fourth-order valence-electron chi connectivity index (χ4n) is 3.07. The molecule has 6 heteroatoms. The Balaban J connectivity index is 1.76. The molecule has 1 amide bonds. The van der Waals surface area contributed by atoms with Crippen LogP contribution < -0.4 is 14.8 Å². The van der Waals surface area contributed by atoms with E-state index < -0.39 is 24.0 Å². The number of benzene rings is 2. The Morgan fingerprint density at radius 3 is 2.74 bits per heavy atom. The molecule has 0 bridgehead atoms. The lowest BCUT2D eigenvalue weighted by atomic mass is 10.0. The second-order valence-electron chi connectivity index (χ2n) is 6.53. The van der Waals surface area contributed by atoms with Crippen LogP contribution in [0, 0.1) is 6.92 Å². The largest absolute Gasteiger partial charge is 0.493 e. The highest BCUT2D eigenvalue weighted by Crippen LogP contribution is 2.28. The monoisotopic (exact) mass is 369 g/mol. The summed E-state index contributed by atoms with van der Waals surface area (Å²) in [6.07, 6.45) is 0.382. The number of hydrogen-bond acceptors (Lipinski definition) is 4. The molecule has 0 aromatic heterocycles. The summed E-state index contributed by atoms with van der Waals surface area (Å²) in [6, 6.07) is 11.5. The Morgan fingerprint density at radius 2 is 2.04 bits per heavy atom. The highest BCUT2D eigenvalue weighted by molar-refractivity contribution is 5.87. The van der Waals surface area contributed by atoms with E-state index in [1.807, 2.05) is 32.0 Å². The summed E-state index contributed by atoms with van der Waals surface area (Å²) in [5, 5.41) is 12.2. The predicted octanol–water partition coefficient (Wildman–Crippen LogP) is 3.03. The lowest BCUT2D eigenvalue weighted by Gasteiger charge is -2.22. The van der Waals surface area contributed by atoms with E-state index in [0.29, 0.717) is 24.3 Å². The summed E-state index contributed by atoms with van der Waals surface area (Å²) in [5.41, 5.74) is 2.39. The lowest BCUT2D eigenvalue weighted by molar-refractivity contribution is -0.143. The molecule has 2 unspecified atom stereocenters. The maximum atomic E-state index is 12.7. The number of aryl methyl sites for hydroxylation is 1. The summed E-state index contributed by atoms with van der Waals surface area (Å²) in [5.74, 6) is -0.192. The molecule has 0 spiro atoms. The maximum Gasteiger partial charge on any atom is 0.330 e. The van der Waals surface area contributed by atoms with E-state index in [4.69, 9.17) is 9.47 Å². The molecule has 27 heavy (non-hydrogen) atoms. The van der Waals surface area contributed by atoms with Crippen LogP contribution in [-0.4, -0.2) is 29.7 Å². The van der Waals surface area contributed by atoms with Gasteiger partial charge in [0.15, 0.2) is 12.1 Å². The fraction of sp³-hybridized carbons (Fsp3) is 0.333. The molecule has 1 aliphatic heterocycles. The van der Waals surface area contributed by atoms with Crippen molar-refractivity contribution in [2.24, 2.45) is 0 Å². The van der Waals surface area contributed by atoms with Crippen LogP contribution in [-0.2, 0) is 16.0 Å². The number of fused-ring (bicyclic) bond motifs is 1. The third-order valence-electron chi connectivity index (χ3n) is 4.61. The molecule has 2 atom stereocenters. The molecular formula is C21H23NO5. The minimum Gasteiger partial charge on any atom is -0.493 e. The maximum absolute atomic E-state index is 12.7. The average Bonchev–Trinajstić information content (AvgIpc) is 3.12. The lowest BCUT2D eigenvalue weighted by Crippen LogP contribution is -2.42. The second kappa shape index (κ2) is 8.12. The van der Waals surface area contributed by atoms with Gasteiger partial charge in [-0.1, -0.05) is 31.2 Å². The molecule has 2 N–H and O–H groups in total. The van der Waals surface area contributed by atoms with Gasteiger partial charge in [-0.05, 0) is 48.2 Å². The standard InChI is InChI=1S/C21H23NO5/c1-3-16(27-17-7-5-4-6-13(17)2)20(23)22-19(21(24)25)15-8-9-18-14(12-15)10-11-26-18/h4-9,12,16,19H,3,10-11H2,1-2H3,(H,22,23)(H,24,25). The van der Waals surface area contributed by atoms with Crippen molar-refractivity contribution < 1.29 is 24.2 Å². The fourth-order valence-corrected chi connectivity index (χ4v) is 3.07. The number of amides is 1. The zero-order valence-corrected chi connectivity index (χ0v) is 15.4. The molecular weight excluding hydrogens is 346 g/mol. The first kappa shape index (κ1) is 18.8. The molecule has 2 aromatic rings. The van der Waals surface area contributed by atoms with Crippen LogP contribution in [0.4, 0.5) is 0 Å². The zero-order valence-electron chi connectivity index (χ0n) is 15.4. The first-order chi connectivity index (χ1) is 13.0. The Labute approximate surface area is 158 Å². The van der Waals surface area contributed by atoms with Crippen molar-refractivity contribution in [3.05, 3.63) is 59.2 Å². The number of carbonyl (C=O) groups is 2. The van der Waals surface area contributed by atoms with Crippen molar-refractivity contribution in [1.29, 1.82) is 0 Å². The van der Waals surface area contributed by atoms with E-state index in [9.17, 15) is 14.7 Å². The van der Waals surface area contributed by atoms with Crippen LogP contribution in [0.3, 0.4) is 0 Å². The number of aliphatic carboxylic acids is 1. The Morgan fingerprint density at radius 1 is 1.26 bits per heavy atom. The van der Waals surface area contributed by atoms with E-state index in [1.165, 1.54) is 0 Å². The van der Waals surface area contributed by atoms with Gasteiger partial charge < -0.3 is 19.9 Å². The van der Waals surface area contributed by atoms with Gasteiger partial charge in [-0.2, -0.15) is 0 Å². The number of para-hydroxylation sites is 1. The Hall–Kier alpha value is -3.02. The van der Waals surface area contributed by atoms with Gasteiger partial charge in [0.2, 0.25) is 0 Å². The molecule has 0 saturated carbocycles. The van der Waals surface area contributed by atoms with Crippen molar-refractivity contribution >= 4 is 11.9 Å². The van der Waals surface area contributed by atoms with Gasteiger partial charge in [-0.25, -0.2) is 4.79 Å². The smallest absolute Gasteiger partial charge is 0.330 e. The van der Waals surface area contributed by atoms with Crippen molar-refractivity contribution in [3.8, 4) is 11.5 Å². The molecule has 1 aliphatic rings. The van der Waals surface area contributed by atoms with Crippen LogP contribution >= 0.6 is 0 Å². The number of carboxylic acid groups (broad SMARTS) is 1. The number of nitrogens with one attached hydrogen (secondary N) is 1. The third-order valence-corrected chi connectivity index (χ3v) is 4.61. The van der Waals surface area contributed by atoms with Crippen molar-refractivity contribution in [2.75, 3.05) is 6.61 Å². The van der Waals surface area contributed by atoms with Gasteiger partial charge in [-0.3, -0.25) is 4.79 Å². The van der Waals surface area contributed by atoms with E-state index >= 15 is 0 Å². The second-order valence-corrected chi connectivity index (χ2v) is 6.53. The topological polar surface area (TPSA) is 84.9 Å². The van der Waals surface area contributed by atoms with Crippen LogP contribution in [0.1, 0.15) is 36.1 Å². The molecule has 1 heterocycles. The van der Waals surface area contributed by atoms with Crippen LogP contribution in [0.15, 0.2) is 42.5 Å². The number of carboxylic acids is 1. The molecule has 0 saturated heterocycles. The summed E-state index contributed by atoms with van der Waals surface area (Å²) < 4.78 is 11.3. The Bertz CT molecular complexity index is 848. The summed E-state index contributed by atoms with van der Waals surface area (Å²) >= 11 is 0. The highest BCUT2D eigenvalue weighted by atomic mass is 16.5. The summed E-state index contributed by atoms with van der Waals surface area (Å²) in [7, 11) is 0. The van der Waals surface area contributed by atoms with Gasteiger partial charge >= 0.3 is 5.97 Å². The van der Waals surface area contributed by atoms with E-state index in [-0.39, 0.29) is 0 Å². The summed E-state index contributed by atoms with van der Waals surface area (Å²) in [6.45, 7) is 4.31. The van der Waals surface area contributed by atoms with Crippen LogP contribution in [0.5, 0.6) is 11.5 Å². The molecule has 0 aliphatic carbocycles. The van der Waals surface area contributed by atoms with Gasteiger partial charge in [-0.15, -0.1) is 0 Å². The van der Waals surface area contributed by atoms with Gasteiger partial charge in [0.05, 0.1) is 6.61 Å². The van der Waals surface area contributed by atoms with Crippen LogP contribution in [0.25, 0.3) is 0 Å². The molecule has 142 valence electrons. The Kier molecular flexibility index (Phi) is 5.64. The van der Waals surface area contributed by atoms with E-state index in [1.54, 1.807) is 24.3 Å². The van der Waals surface area contributed by atoms with Crippen LogP contribution in [0.2, 0.25) is 0 Å². The predicted molar refractivity (Wildman–Crippen MR) is 100 cm³/mol. The number of carbonyl (C=O) groups excluding carboxylic acids is 1. The first-order valence-corrected chi connectivity index (χ1v) is 9.00. The first-order valence-electron chi connectivity index (χ1n) is 9.00. The average molecular weight is 369 g/mol. The molecule has 0 radical (unpaired) electrons. The number of ether oxygens (including phenoxy) is 2.